The number of nitrogens with zero attached hydrogens (tertiary/aromatic N) is 2. The normalized spacial score (nSPS) is 18.8. The van der Waals surface area contributed by atoms with Crippen LogP contribution in [0.2, 0.25) is 0 Å². The predicted molar refractivity (Wildman–Crippen MR) is 80.4 cm³/mol. The minimum atomic E-state index is -4.40. The van der Waals surface area contributed by atoms with Crippen LogP contribution < -0.4 is 5.32 Å². The lowest BCUT2D eigenvalue weighted by molar-refractivity contribution is -0.141. The lowest BCUT2D eigenvalue weighted by Gasteiger charge is -2.16. The summed E-state index contributed by atoms with van der Waals surface area (Å²) in [4.78, 5) is 17.0. The molecule has 1 amide bonds. The summed E-state index contributed by atoms with van der Waals surface area (Å²) < 4.78 is 37.4. The van der Waals surface area contributed by atoms with Crippen LogP contribution >= 0.6 is 0 Å². The standard InChI is InChI=1S/C16H20F3N3O/c1-2-3-15(23)21-9-13-6-7-22(11-13)10-12-4-5-14(20-8-12)16(17,18)19/h2,4-5,8,13H,1,3,6-7,9-11H2,(H,21,23)/t13-/m1/s1. The van der Waals surface area contributed by atoms with Gasteiger partial charge >= 0.3 is 6.18 Å². The van der Waals surface area contributed by atoms with Gasteiger partial charge < -0.3 is 5.32 Å². The van der Waals surface area contributed by atoms with Crippen LogP contribution in [0.15, 0.2) is 31.0 Å². The number of hydrogen-bond donors (Lipinski definition) is 1. The van der Waals surface area contributed by atoms with E-state index in [2.05, 4.69) is 21.8 Å². The van der Waals surface area contributed by atoms with E-state index in [0.29, 0.717) is 25.4 Å². The van der Waals surface area contributed by atoms with Gasteiger partial charge in [-0.25, -0.2) is 0 Å². The molecule has 4 nitrogen and oxygen atoms in total. The van der Waals surface area contributed by atoms with Gasteiger partial charge in [0.2, 0.25) is 5.91 Å². The Morgan fingerprint density at radius 2 is 2.26 bits per heavy atom. The molecule has 1 aromatic rings. The number of aromatic nitrogens is 1. The molecule has 1 N–H and O–H groups in total. The topological polar surface area (TPSA) is 45.2 Å². The van der Waals surface area contributed by atoms with E-state index in [1.807, 2.05) is 0 Å². The van der Waals surface area contributed by atoms with Gasteiger partial charge in [-0.15, -0.1) is 6.58 Å². The van der Waals surface area contributed by atoms with E-state index in [1.165, 1.54) is 12.3 Å². The highest BCUT2D eigenvalue weighted by atomic mass is 19.4. The zero-order valence-electron chi connectivity index (χ0n) is 12.8. The predicted octanol–water partition coefficient (Wildman–Crippen LogP) is 2.61. The second kappa shape index (κ2) is 7.59. The van der Waals surface area contributed by atoms with E-state index in [4.69, 9.17) is 0 Å². The van der Waals surface area contributed by atoms with E-state index in [9.17, 15) is 18.0 Å². The van der Waals surface area contributed by atoms with Crippen molar-refractivity contribution >= 4 is 5.91 Å². The Hall–Kier alpha value is -1.89. The summed E-state index contributed by atoms with van der Waals surface area (Å²) in [6.45, 7) is 6.39. The van der Waals surface area contributed by atoms with Crippen molar-refractivity contribution < 1.29 is 18.0 Å². The van der Waals surface area contributed by atoms with Crippen molar-refractivity contribution in [3.8, 4) is 0 Å². The van der Waals surface area contributed by atoms with Crippen molar-refractivity contribution in [3.63, 3.8) is 0 Å². The largest absolute Gasteiger partial charge is 0.433 e. The maximum Gasteiger partial charge on any atom is 0.433 e. The van der Waals surface area contributed by atoms with Gasteiger partial charge in [-0.2, -0.15) is 13.2 Å². The highest BCUT2D eigenvalue weighted by molar-refractivity contribution is 5.77. The summed E-state index contributed by atoms with van der Waals surface area (Å²) in [6.07, 6.45) is -0.285. The molecule has 1 atom stereocenters. The molecule has 0 unspecified atom stereocenters. The number of amides is 1. The summed E-state index contributed by atoms with van der Waals surface area (Å²) >= 11 is 0. The molecule has 0 saturated carbocycles. The molecule has 2 heterocycles. The van der Waals surface area contributed by atoms with E-state index in [1.54, 1.807) is 6.08 Å². The molecule has 7 heteroatoms. The molecule has 2 rings (SSSR count). The van der Waals surface area contributed by atoms with Crippen LogP contribution in [-0.4, -0.2) is 35.4 Å². The van der Waals surface area contributed by atoms with Gasteiger partial charge in [0.15, 0.2) is 0 Å². The van der Waals surface area contributed by atoms with Crippen LogP contribution in [0.4, 0.5) is 13.2 Å². The number of halogens is 3. The first-order valence-corrected chi connectivity index (χ1v) is 7.50. The molecule has 0 spiro atoms. The minimum absolute atomic E-state index is 0.0367. The SMILES string of the molecule is C=CCC(=O)NC[C@H]1CCN(Cc2ccc(C(F)(F)F)nc2)C1. The first-order valence-electron chi connectivity index (χ1n) is 7.50. The summed E-state index contributed by atoms with van der Waals surface area (Å²) in [5.74, 6) is 0.330. The van der Waals surface area contributed by atoms with Crippen LogP contribution in [0, 0.1) is 5.92 Å². The van der Waals surface area contributed by atoms with Crippen molar-refractivity contribution in [2.45, 2.75) is 25.6 Å². The van der Waals surface area contributed by atoms with Gasteiger partial charge in [-0.05, 0) is 30.5 Å². The number of alkyl halides is 3. The quantitative estimate of drug-likeness (QED) is 0.817. The first-order chi connectivity index (χ1) is 10.9. The lowest BCUT2D eigenvalue weighted by atomic mass is 10.1. The van der Waals surface area contributed by atoms with Gasteiger partial charge in [-0.1, -0.05) is 12.1 Å². The van der Waals surface area contributed by atoms with Crippen molar-refractivity contribution in [1.29, 1.82) is 0 Å². The Bertz CT molecular complexity index is 542. The van der Waals surface area contributed by atoms with Gasteiger partial charge in [-0.3, -0.25) is 14.7 Å². The van der Waals surface area contributed by atoms with Gasteiger partial charge in [0, 0.05) is 32.3 Å². The van der Waals surface area contributed by atoms with Gasteiger partial charge in [0.1, 0.15) is 5.69 Å². The van der Waals surface area contributed by atoms with Gasteiger partial charge in [0.25, 0.3) is 0 Å². The highest BCUT2D eigenvalue weighted by Gasteiger charge is 2.32. The Morgan fingerprint density at radius 1 is 1.48 bits per heavy atom. The molecular weight excluding hydrogens is 307 g/mol. The van der Waals surface area contributed by atoms with Crippen LogP contribution in [0.5, 0.6) is 0 Å². The van der Waals surface area contributed by atoms with Crippen molar-refractivity contribution in [3.05, 3.63) is 42.2 Å². The second-order valence-electron chi connectivity index (χ2n) is 5.74. The third-order valence-electron chi connectivity index (χ3n) is 3.81. The number of rotatable bonds is 6. The molecule has 0 aromatic carbocycles. The molecular formula is C16H20F3N3O. The molecule has 1 fully saturated rings. The minimum Gasteiger partial charge on any atom is -0.356 e. The maximum atomic E-state index is 12.5. The third-order valence-corrected chi connectivity index (χ3v) is 3.81. The van der Waals surface area contributed by atoms with Crippen LogP contribution in [0.25, 0.3) is 0 Å². The van der Waals surface area contributed by atoms with Crippen molar-refractivity contribution in [2.24, 2.45) is 5.92 Å². The summed E-state index contributed by atoms with van der Waals surface area (Å²) in [6, 6.07) is 2.48. The molecule has 1 aromatic heterocycles. The van der Waals surface area contributed by atoms with Crippen molar-refractivity contribution in [2.75, 3.05) is 19.6 Å². The first kappa shape index (κ1) is 17.5. The molecule has 0 bridgehead atoms. The van der Waals surface area contributed by atoms with E-state index >= 15 is 0 Å². The smallest absolute Gasteiger partial charge is 0.356 e. The second-order valence-corrected chi connectivity index (χ2v) is 5.74. The number of carbonyl (C=O) groups excluding carboxylic acids is 1. The molecule has 0 aliphatic carbocycles. The van der Waals surface area contributed by atoms with Crippen LogP contribution in [0.3, 0.4) is 0 Å². The average molecular weight is 327 g/mol. The number of pyridine rings is 1. The van der Waals surface area contributed by atoms with E-state index < -0.39 is 11.9 Å². The molecule has 1 saturated heterocycles. The fraction of sp³-hybridized carbons (Fsp3) is 0.500. The Balaban J connectivity index is 1.79. The number of carbonyl (C=O) groups is 1. The number of hydrogen-bond acceptors (Lipinski definition) is 3. The highest BCUT2D eigenvalue weighted by Crippen LogP contribution is 2.27. The molecule has 0 radical (unpaired) electrons. The van der Waals surface area contributed by atoms with Crippen molar-refractivity contribution in [1.82, 2.24) is 15.2 Å². The number of likely N-dealkylation sites (tertiary alicyclic amines) is 1. The molecule has 126 valence electrons. The average Bonchev–Trinajstić information content (AvgIpc) is 2.93. The van der Waals surface area contributed by atoms with E-state index in [-0.39, 0.29) is 5.91 Å². The van der Waals surface area contributed by atoms with E-state index in [0.717, 1.165) is 31.1 Å². The molecule has 23 heavy (non-hydrogen) atoms. The monoisotopic (exact) mass is 327 g/mol. The van der Waals surface area contributed by atoms with Crippen LogP contribution in [0.1, 0.15) is 24.1 Å². The zero-order chi connectivity index (χ0) is 16.9. The molecule has 1 aliphatic heterocycles. The summed E-state index contributed by atoms with van der Waals surface area (Å²) in [5, 5.41) is 2.86. The Kier molecular flexibility index (Phi) is 5.76. The summed E-state index contributed by atoms with van der Waals surface area (Å²) in [7, 11) is 0. The number of nitrogens with one attached hydrogen (secondary N) is 1. The third kappa shape index (κ3) is 5.35. The summed E-state index contributed by atoms with van der Waals surface area (Å²) in [5.41, 5.74) is -0.111. The Morgan fingerprint density at radius 3 is 2.87 bits per heavy atom. The molecule has 1 aliphatic rings. The zero-order valence-corrected chi connectivity index (χ0v) is 12.8. The Labute approximate surface area is 133 Å². The lowest BCUT2D eigenvalue weighted by Crippen LogP contribution is -2.30. The van der Waals surface area contributed by atoms with Crippen LogP contribution in [-0.2, 0) is 17.5 Å². The fourth-order valence-corrected chi connectivity index (χ4v) is 2.63. The van der Waals surface area contributed by atoms with Gasteiger partial charge in [0.05, 0.1) is 0 Å². The fourth-order valence-electron chi connectivity index (χ4n) is 2.63. The maximum absolute atomic E-state index is 12.5.